The lowest BCUT2D eigenvalue weighted by molar-refractivity contribution is -0.123. The van der Waals surface area contributed by atoms with Crippen LogP contribution in [-0.2, 0) is 14.3 Å². The van der Waals surface area contributed by atoms with Crippen molar-refractivity contribution >= 4 is 46.7 Å². The second-order valence-corrected chi connectivity index (χ2v) is 6.72. The average Bonchev–Trinajstić information content (AvgIpc) is 2.68. The first kappa shape index (κ1) is 23.2. The molecule has 0 aliphatic rings. The molecule has 160 valence electrons. The van der Waals surface area contributed by atoms with Gasteiger partial charge in [0.15, 0.2) is 24.2 Å². The Morgan fingerprint density at radius 2 is 1.87 bits per heavy atom. The van der Waals surface area contributed by atoms with E-state index in [1.807, 2.05) is 0 Å². The highest BCUT2D eigenvalue weighted by molar-refractivity contribution is 6.33. The topological polar surface area (TPSA) is 117 Å². The van der Waals surface area contributed by atoms with Crippen molar-refractivity contribution < 1.29 is 33.0 Å². The van der Waals surface area contributed by atoms with Crippen LogP contribution in [-0.4, -0.2) is 37.6 Å². The van der Waals surface area contributed by atoms with Crippen LogP contribution >= 0.6 is 23.2 Å². The Balaban J connectivity index is 2.11. The largest absolute Gasteiger partial charge is 0.493 e. The summed E-state index contributed by atoms with van der Waals surface area (Å²) in [7, 11) is 1.31. The third-order valence-corrected chi connectivity index (χ3v) is 4.26. The van der Waals surface area contributed by atoms with E-state index in [1.54, 1.807) is 0 Å². The fraction of sp³-hybridized carbons (Fsp3) is 0.211. The molecule has 0 aliphatic heterocycles. The van der Waals surface area contributed by atoms with Crippen LogP contribution in [0, 0.1) is 5.82 Å². The zero-order valence-electron chi connectivity index (χ0n) is 15.8. The number of primary amides is 1. The Kier molecular flexibility index (Phi) is 7.85. The lowest BCUT2D eigenvalue weighted by Crippen LogP contribution is -2.30. The van der Waals surface area contributed by atoms with E-state index in [9.17, 15) is 18.8 Å². The van der Waals surface area contributed by atoms with Crippen molar-refractivity contribution in [2.75, 3.05) is 19.0 Å². The van der Waals surface area contributed by atoms with E-state index in [-0.39, 0.29) is 32.8 Å². The molecule has 2 aromatic carbocycles. The van der Waals surface area contributed by atoms with E-state index in [0.717, 1.165) is 12.1 Å². The minimum atomic E-state index is -1.21. The molecule has 2 amide bonds. The molecular weight excluding hydrogens is 442 g/mol. The van der Waals surface area contributed by atoms with Gasteiger partial charge in [-0.3, -0.25) is 9.59 Å². The number of nitrogens with one attached hydrogen (secondary N) is 1. The summed E-state index contributed by atoms with van der Waals surface area (Å²) >= 11 is 11.9. The Labute approximate surface area is 181 Å². The molecule has 1 unspecified atom stereocenters. The highest BCUT2D eigenvalue weighted by atomic mass is 35.5. The fourth-order valence-corrected chi connectivity index (χ4v) is 2.71. The van der Waals surface area contributed by atoms with Crippen molar-refractivity contribution in [1.82, 2.24) is 0 Å². The van der Waals surface area contributed by atoms with Crippen LogP contribution in [0.5, 0.6) is 11.5 Å². The van der Waals surface area contributed by atoms with E-state index in [2.05, 4.69) is 5.32 Å². The number of hydrogen-bond donors (Lipinski definition) is 2. The predicted molar refractivity (Wildman–Crippen MR) is 108 cm³/mol. The van der Waals surface area contributed by atoms with Crippen LogP contribution in [0.15, 0.2) is 30.3 Å². The first-order valence-corrected chi connectivity index (χ1v) is 9.13. The minimum Gasteiger partial charge on any atom is -0.493 e. The number of hydrogen-bond acceptors (Lipinski definition) is 6. The van der Waals surface area contributed by atoms with Gasteiger partial charge in [-0.15, -0.1) is 0 Å². The van der Waals surface area contributed by atoms with Crippen LogP contribution < -0.4 is 20.5 Å². The summed E-state index contributed by atoms with van der Waals surface area (Å²) in [6.07, 6.45) is -1.21. The highest BCUT2D eigenvalue weighted by Gasteiger charge is 2.22. The third kappa shape index (κ3) is 5.98. The quantitative estimate of drug-likeness (QED) is 0.586. The average molecular weight is 459 g/mol. The van der Waals surface area contributed by atoms with Crippen molar-refractivity contribution in [1.29, 1.82) is 0 Å². The van der Waals surface area contributed by atoms with Crippen LogP contribution in [0.25, 0.3) is 0 Å². The molecule has 3 N–H and O–H groups in total. The van der Waals surface area contributed by atoms with Crippen LogP contribution in [0.4, 0.5) is 10.1 Å². The number of rotatable bonds is 8. The van der Waals surface area contributed by atoms with Gasteiger partial charge in [-0.25, -0.2) is 9.18 Å². The predicted octanol–water partition coefficient (Wildman–Crippen LogP) is 3.19. The number of ether oxygens (including phenoxy) is 3. The summed E-state index contributed by atoms with van der Waals surface area (Å²) in [4.78, 5) is 35.6. The number of methoxy groups -OCH3 is 1. The minimum absolute atomic E-state index is 0.00931. The van der Waals surface area contributed by atoms with Crippen molar-refractivity contribution in [2.24, 2.45) is 5.73 Å². The van der Waals surface area contributed by atoms with Gasteiger partial charge in [0.1, 0.15) is 5.82 Å². The highest BCUT2D eigenvalue weighted by Crippen LogP contribution is 2.36. The Morgan fingerprint density at radius 3 is 2.47 bits per heavy atom. The molecule has 0 radical (unpaired) electrons. The van der Waals surface area contributed by atoms with Gasteiger partial charge in [0.05, 0.1) is 28.4 Å². The molecule has 2 aromatic rings. The number of carbonyl (C=O) groups is 3. The molecule has 0 spiro atoms. The standard InChI is InChI=1S/C19H17Cl2FN2O6/c1-9(18(26)24-14-4-3-11(22)7-12(14)20)30-19(27)10-5-13(21)17(15(6-10)28-2)29-8-16(23)25/h3-7,9H,8H2,1-2H3,(H2,23,25)(H,24,26). The molecule has 2 rings (SSSR count). The lowest BCUT2D eigenvalue weighted by atomic mass is 10.2. The number of benzene rings is 2. The maximum atomic E-state index is 13.1. The van der Waals surface area contributed by atoms with E-state index < -0.39 is 36.3 Å². The third-order valence-electron chi connectivity index (χ3n) is 3.67. The molecule has 0 bridgehead atoms. The summed E-state index contributed by atoms with van der Waals surface area (Å²) in [5.41, 5.74) is 5.16. The fourth-order valence-electron chi connectivity index (χ4n) is 2.23. The van der Waals surface area contributed by atoms with Gasteiger partial charge in [-0.05, 0) is 37.3 Å². The molecule has 0 aromatic heterocycles. The van der Waals surface area contributed by atoms with Gasteiger partial charge in [-0.1, -0.05) is 23.2 Å². The zero-order chi connectivity index (χ0) is 22.4. The van der Waals surface area contributed by atoms with E-state index >= 15 is 0 Å². The summed E-state index contributed by atoms with van der Waals surface area (Å²) < 4.78 is 28.5. The molecule has 8 nitrogen and oxygen atoms in total. The molecule has 11 heteroatoms. The number of carbonyl (C=O) groups excluding carboxylic acids is 3. The molecule has 30 heavy (non-hydrogen) atoms. The summed E-state index contributed by atoms with van der Waals surface area (Å²) in [5.74, 6) is -2.76. The monoisotopic (exact) mass is 458 g/mol. The lowest BCUT2D eigenvalue weighted by Gasteiger charge is -2.16. The van der Waals surface area contributed by atoms with Gasteiger partial charge in [-0.2, -0.15) is 0 Å². The van der Waals surface area contributed by atoms with Gasteiger partial charge in [0.25, 0.3) is 11.8 Å². The normalized spacial score (nSPS) is 11.4. The van der Waals surface area contributed by atoms with Crippen molar-refractivity contribution in [3.05, 3.63) is 51.8 Å². The molecule has 0 fully saturated rings. The van der Waals surface area contributed by atoms with Crippen molar-refractivity contribution in [3.63, 3.8) is 0 Å². The summed E-state index contributed by atoms with van der Waals surface area (Å²) in [6.45, 7) is 0.900. The zero-order valence-corrected chi connectivity index (χ0v) is 17.3. The van der Waals surface area contributed by atoms with Gasteiger partial charge < -0.3 is 25.3 Å². The first-order chi connectivity index (χ1) is 14.1. The SMILES string of the molecule is COc1cc(C(=O)OC(C)C(=O)Nc2ccc(F)cc2Cl)cc(Cl)c1OCC(N)=O. The van der Waals surface area contributed by atoms with Crippen LogP contribution in [0.1, 0.15) is 17.3 Å². The Hall–Kier alpha value is -3.04. The van der Waals surface area contributed by atoms with E-state index in [4.69, 9.17) is 43.1 Å². The first-order valence-electron chi connectivity index (χ1n) is 8.38. The molecule has 1 atom stereocenters. The molecule has 0 heterocycles. The smallest absolute Gasteiger partial charge is 0.339 e. The summed E-state index contributed by atoms with van der Waals surface area (Å²) in [6, 6.07) is 5.92. The number of nitrogens with two attached hydrogens (primary N) is 1. The van der Waals surface area contributed by atoms with Gasteiger partial charge in [0, 0.05) is 0 Å². The second-order valence-electron chi connectivity index (χ2n) is 5.91. The Morgan fingerprint density at radius 1 is 1.17 bits per heavy atom. The van der Waals surface area contributed by atoms with Crippen LogP contribution in [0.3, 0.4) is 0 Å². The maximum Gasteiger partial charge on any atom is 0.339 e. The van der Waals surface area contributed by atoms with Crippen LogP contribution in [0.2, 0.25) is 10.0 Å². The molecule has 0 aliphatic carbocycles. The molecular formula is C19H17Cl2FN2O6. The van der Waals surface area contributed by atoms with E-state index in [0.29, 0.717) is 0 Å². The number of amides is 2. The van der Waals surface area contributed by atoms with E-state index in [1.165, 1.54) is 32.2 Å². The number of esters is 1. The summed E-state index contributed by atoms with van der Waals surface area (Å²) in [5, 5.41) is 2.40. The molecule has 0 saturated carbocycles. The second kappa shape index (κ2) is 10.1. The van der Waals surface area contributed by atoms with Gasteiger partial charge in [0.2, 0.25) is 0 Å². The number of anilines is 1. The number of halogens is 3. The Bertz CT molecular complexity index is 986. The van der Waals surface area contributed by atoms with Gasteiger partial charge >= 0.3 is 5.97 Å². The van der Waals surface area contributed by atoms with Crippen molar-refractivity contribution in [2.45, 2.75) is 13.0 Å². The molecule has 0 saturated heterocycles. The maximum absolute atomic E-state index is 13.1. The van der Waals surface area contributed by atoms with Crippen molar-refractivity contribution in [3.8, 4) is 11.5 Å².